The van der Waals surface area contributed by atoms with Crippen LogP contribution in [-0.4, -0.2) is 31.8 Å². The Morgan fingerprint density at radius 2 is 2.00 bits per heavy atom. The summed E-state index contributed by atoms with van der Waals surface area (Å²) < 4.78 is 5.16. The van der Waals surface area contributed by atoms with Gasteiger partial charge >= 0.3 is 6.09 Å². The van der Waals surface area contributed by atoms with Crippen molar-refractivity contribution < 1.29 is 14.5 Å². The number of nitro groups is 1. The minimum absolute atomic E-state index is 0.0639. The van der Waals surface area contributed by atoms with Gasteiger partial charge in [-0.25, -0.2) is 9.78 Å². The van der Waals surface area contributed by atoms with Crippen LogP contribution in [0, 0.1) is 10.1 Å². The van der Waals surface area contributed by atoms with E-state index in [0.29, 0.717) is 27.8 Å². The number of rotatable bonds is 3. The number of pyridine rings is 1. The summed E-state index contributed by atoms with van der Waals surface area (Å²) >= 11 is 0. The van der Waals surface area contributed by atoms with Crippen LogP contribution in [0.4, 0.5) is 16.3 Å². The highest BCUT2D eigenvalue weighted by atomic mass is 16.6. The summed E-state index contributed by atoms with van der Waals surface area (Å²) in [6.45, 7) is 5.30. The van der Waals surface area contributed by atoms with Crippen molar-refractivity contribution in [2.75, 3.05) is 5.32 Å². The quantitative estimate of drug-likeness (QED) is 0.543. The topological polar surface area (TPSA) is 123 Å². The zero-order valence-corrected chi connectivity index (χ0v) is 14.4. The average molecular weight is 355 g/mol. The fourth-order valence-corrected chi connectivity index (χ4v) is 2.40. The van der Waals surface area contributed by atoms with Crippen molar-refractivity contribution in [3.8, 4) is 11.1 Å². The Morgan fingerprint density at radius 1 is 1.23 bits per heavy atom. The monoisotopic (exact) mass is 355 g/mol. The number of anilines is 1. The number of hydrogen-bond donors (Lipinski definition) is 2. The second-order valence-electron chi connectivity index (χ2n) is 6.65. The predicted octanol–water partition coefficient (Wildman–Crippen LogP) is 3.88. The van der Waals surface area contributed by atoms with Gasteiger partial charge < -0.3 is 4.74 Å². The van der Waals surface area contributed by atoms with Gasteiger partial charge in [-0.2, -0.15) is 5.10 Å². The maximum atomic E-state index is 11.8. The minimum Gasteiger partial charge on any atom is -0.444 e. The highest BCUT2D eigenvalue weighted by molar-refractivity contribution is 5.92. The van der Waals surface area contributed by atoms with E-state index >= 15 is 0 Å². The van der Waals surface area contributed by atoms with Gasteiger partial charge in [0, 0.05) is 23.2 Å². The molecule has 9 nitrogen and oxygen atoms in total. The van der Waals surface area contributed by atoms with E-state index in [2.05, 4.69) is 20.5 Å². The van der Waals surface area contributed by atoms with Gasteiger partial charge in [-0.3, -0.25) is 20.5 Å². The molecule has 0 unspecified atom stereocenters. The number of amides is 1. The van der Waals surface area contributed by atoms with E-state index in [1.165, 1.54) is 18.5 Å². The number of H-pyrrole nitrogens is 1. The summed E-state index contributed by atoms with van der Waals surface area (Å²) in [6.07, 6.45) is 2.45. The van der Waals surface area contributed by atoms with Crippen molar-refractivity contribution in [3.63, 3.8) is 0 Å². The van der Waals surface area contributed by atoms with Crippen LogP contribution in [0.2, 0.25) is 0 Å². The zero-order chi connectivity index (χ0) is 18.9. The van der Waals surface area contributed by atoms with Crippen LogP contribution in [0.3, 0.4) is 0 Å². The van der Waals surface area contributed by atoms with Crippen LogP contribution in [0.1, 0.15) is 20.8 Å². The first-order valence-electron chi connectivity index (χ1n) is 7.81. The van der Waals surface area contributed by atoms with Gasteiger partial charge in [0.05, 0.1) is 11.1 Å². The summed E-state index contributed by atoms with van der Waals surface area (Å²) in [6, 6.07) is 6.55. The lowest BCUT2D eigenvalue weighted by Crippen LogP contribution is -2.27. The third-order valence-corrected chi connectivity index (χ3v) is 3.45. The van der Waals surface area contributed by atoms with Gasteiger partial charge in [0.15, 0.2) is 0 Å². The Hall–Kier alpha value is -3.49. The second-order valence-corrected chi connectivity index (χ2v) is 6.65. The van der Waals surface area contributed by atoms with E-state index in [1.54, 1.807) is 39.0 Å². The number of nitro benzene ring substituents is 1. The third kappa shape index (κ3) is 3.77. The van der Waals surface area contributed by atoms with Gasteiger partial charge in [0.2, 0.25) is 0 Å². The number of fused-ring (bicyclic) bond motifs is 1. The molecule has 2 N–H and O–H groups in total. The molecule has 0 aliphatic rings. The van der Waals surface area contributed by atoms with Crippen molar-refractivity contribution in [3.05, 3.63) is 46.8 Å². The minimum atomic E-state index is -0.608. The summed E-state index contributed by atoms with van der Waals surface area (Å²) in [5.41, 5.74) is 0.997. The van der Waals surface area contributed by atoms with Crippen molar-refractivity contribution in [2.24, 2.45) is 0 Å². The molecule has 0 bridgehead atoms. The molecule has 0 radical (unpaired) electrons. The standard InChI is InChI=1S/C17H17N5O4/c1-17(2,3)26-16(23)20-14-5-4-10(8-18-14)11-6-12-9-19-21-15(12)13(7-11)22(24)25/h4-9H,1-3H3,(H,19,21)(H,18,20,23). The molecule has 26 heavy (non-hydrogen) atoms. The Kier molecular flexibility index (Phi) is 4.29. The molecule has 1 amide bonds. The van der Waals surface area contributed by atoms with Crippen molar-refractivity contribution in [1.82, 2.24) is 15.2 Å². The van der Waals surface area contributed by atoms with E-state index in [9.17, 15) is 14.9 Å². The van der Waals surface area contributed by atoms with Crippen LogP contribution in [-0.2, 0) is 4.74 Å². The number of aromatic amines is 1. The molecular weight excluding hydrogens is 338 g/mol. The molecular formula is C17H17N5O4. The molecule has 1 aromatic carbocycles. The Morgan fingerprint density at radius 3 is 2.62 bits per heavy atom. The number of hydrogen-bond acceptors (Lipinski definition) is 6. The van der Waals surface area contributed by atoms with Gasteiger partial charge in [-0.15, -0.1) is 0 Å². The molecule has 0 saturated carbocycles. The predicted molar refractivity (Wildman–Crippen MR) is 95.8 cm³/mol. The van der Waals surface area contributed by atoms with Crippen LogP contribution >= 0.6 is 0 Å². The Balaban J connectivity index is 1.86. The number of aromatic nitrogens is 3. The van der Waals surface area contributed by atoms with Crippen molar-refractivity contribution in [2.45, 2.75) is 26.4 Å². The third-order valence-electron chi connectivity index (χ3n) is 3.45. The summed E-state index contributed by atoms with van der Waals surface area (Å²) in [7, 11) is 0. The molecule has 0 spiro atoms. The largest absolute Gasteiger partial charge is 0.444 e. The zero-order valence-electron chi connectivity index (χ0n) is 14.4. The maximum Gasteiger partial charge on any atom is 0.413 e. The smallest absolute Gasteiger partial charge is 0.413 e. The SMILES string of the molecule is CC(C)(C)OC(=O)Nc1ccc(-c2cc([N+](=O)[O-])c3[nH]ncc3c2)cn1. The van der Waals surface area contributed by atoms with Crippen LogP contribution < -0.4 is 5.32 Å². The molecule has 0 fully saturated rings. The number of carbonyl (C=O) groups excluding carboxylic acids is 1. The Labute approximate surface area is 148 Å². The molecule has 3 rings (SSSR count). The molecule has 0 aliphatic carbocycles. The highest BCUT2D eigenvalue weighted by Crippen LogP contribution is 2.31. The molecule has 0 atom stereocenters. The first kappa shape index (κ1) is 17.3. The number of nitrogens with one attached hydrogen (secondary N) is 2. The molecule has 0 saturated heterocycles. The molecule has 134 valence electrons. The maximum absolute atomic E-state index is 11.8. The van der Waals surface area contributed by atoms with Crippen molar-refractivity contribution >= 4 is 28.5 Å². The fourth-order valence-electron chi connectivity index (χ4n) is 2.40. The van der Waals surface area contributed by atoms with Crippen molar-refractivity contribution in [1.29, 1.82) is 0 Å². The van der Waals surface area contributed by atoms with Gasteiger partial charge in [-0.05, 0) is 44.5 Å². The number of carbonyl (C=O) groups is 1. The molecule has 0 aliphatic heterocycles. The average Bonchev–Trinajstić information content (AvgIpc) is 3.01. The summed E-state index contributed by atoms with van der Waals surface area (Å²) in [4.78, 5) is 26.7. The Bertz CT molecular complexity index is 973. The van der Waals surface area contributed by atoms with E-state index in [4.69, 9.17) is 4.74 Å². The number of benzene rings is 1. The summed E-state index contributed by atoms with van der Waals surface area (Å²) in [5, 5.41) is 20.9. The number of non-ortho nitro benzene ring substituents is 1. The lowest BCUT2D eigenvalue weighted by Gasteiger charge is -2.19. The van der Waals surface area contributed by atoms with Gasteiger partial charge in [0.25, 0.3) is 5.69 Å². The lowest BCUT2D eigenvalue weighted by atomic mass is 10.0. The fraction of sp³-hybridized carbons (Fsp3) is 0.235. The molecule has 2 aromatic heterocycles. The number of ether oxygens (including phenoxy) is 1. The molecule has 9 heteroatoms. The second kappa shape index (κ2) is 6.43. The first-order valence-corrected chi connectivity index (χ1v) is 7.81. The van der Waals surface area contributed by atoms with E-state index in [1.807, 2.05) is 0 Å². The van der Waals surface area contributed by atoms with E-state index < -0.39 is 16.6 Å². The normalized spacial score (nSPS) is 11.3. The molecule has 3 aromatic rings. The van der Waals surface area contributed by atoms with Gasteiger partial charge in [0.1, 0.15) is 16.9 Å². The lowest BCUT2D eigenvalue weighted by molar-refractivity contribution is -0.383. The highest BCUT2D eigenvalue weighted by Gasteiger charge is 2.18. The number of nitrogens with zero attached hydrogens (tertiary/aromatic N) is 3. The van der Waals surface area contributed by atoms with Crippen LogP contribution in [0.5, 0.6) is 0 Å². The van der Waals surface area contributed by atoms with Gasteiger partial charge in [-0.1, -0.05) is 0 Å². The molecule has 2 heterocycles. The first-order chi connectivity index (χ1) is 12.2. The van der Waals surface area contributed by atoms with E-state index in [-0.39, 0.29) is 5.69 Å². The van der Waals surface area contributed by atoms with E-state index in [0.717, 1.165) is 0 Å². The van der Waals surface area contributed by atoms with Crippen LogP contribution in [0.15, 0.2) is 36.7 Å². The summed E-state index contributed by atoms with van der Waals surface area (Å²) in [5.74, 6) is 0.321. The van der Waals surface area contributed by atoms with Crippen LogP contribution in [0.25, 0.3) is 22.0 Å².